The van der Waals surface area contributed by atoms with Gasteiger partial charge >= 0.3 is 5.51 Å². The molecule has 0 aliphatic heterocycles. The van der Waals surface area contributed by atoms with Crippen LogP contribution in [0.4, 0.5) is 22.0 Å². The summed E-state index contributed by atoms with van der Waals surface area (Å²) in [4.78, 5) is 0. The van der Waals surface area contributed by atoms with Crippen molar-refractivity contribution in [2.45, 2.75) is 5.51 Å². The molecular formula is C2F5O2S-. The summed E-state index contributed by atoms with van der Waals surface area (Å²) >= 11 is 0. The van der Waals surface area contributed by atoms with Gasteiger partial charge in [0.15, 0.2) is 9.84 Å². The molecule has 0 saturated heterocycles. The van der Waals surface area contributed by atoms with Gasteiger partial charge in [-0.2, -0.15) is 13.2 Å². The second-order valence-electron chi connectivity index (χ2n) is 1.17. The van der Waals surface area contributed by atoms with Crippen LogP contribution in [0.5, 0.6) is 0 Å². The quantitative estimate of drug-likeness (QED) is 0.453. The molecule has 62 valence electrons. The van der Waals surface area contributed by atoms with Crippen molar-refractivity contribution >= 4 is 9.84 Å². The third-order valence-corrected chi connectivity index (χ3v) is 1.52. The summed E-state index contributed by atoms with van der Waals surface area (Å²) in [6, 6.07) is 0. The Balaban J connectivity index is 4.79. The molecule has 0 aromatic heterocycles. The van der Waals surface area contributed by atoms with Crippen LogP contribution in [0.3, 0.4) is 0 Å². The first-order valence-corrected chi connectivity index (χ1v) is 3.17. The molecule has 0 aliphatic carbocycles. The fraction of sp³-hybridized carbons (Fsp3) is 0.500. The third kappa shape index (κ3) is 1.55. The van der Waals surface area contributed by atoms with Crippen LogP contribution in [0.15, 0.2) is 0 Å². The molecule has 0 radical (unpaired) electrons. The molecule has 0 unspecified atom stereocenters. The zero-order valence-electron chi connectivity index (χ0n) is 4.11. The SMILES string of the molecule is O=S(=O)([C-](F)F)C(F)(F)F. The molecular weight excluding hydrogens is 183 g/mol. The fourth-order valence-electron chi connectivity index (χ4n) is 0.0875. The van der Waals surface area contributed by atoms with E-state index in [1.807, 2.05) is 0 Å². The van der Waals surface area contributed by atoms with Gasteiger partial charge in [-0.15, -0.1) is 0 Å². The standard InChI is InChI=1S/C2F5O2S/c3-1(4)10(8,9)2(5,6)7/q-1. The Morgan fingerprint density at radius 1 is 1.10 bits per heavy atom. The Bertz CT molecular complexity index is 200. The van der Waals surface area contributed by atoms with Crippen LogP contribution < -0.4 is 0 Å². The van der Waals surface area contributed by atoms with E-state index in [1.165, 1.54) is 0 Å². The Hall–Kier alpha value is -0.400. The smallest absolute Gasteiger partial charge is 0.403 e. The maximum atomic E-state index is 11.0. The van der Waals surface area contributed by atoms with E-state index in [4.69, 9.17) is 0 Å². The van der Waals surface area contributed by atoms with Crippen LogP contribution in [0.25, 0.3) is 0 Å². The summed E-state index contributed by atoms with van der Waals surface area (Å²) in [7, 11) is -6.33. The van der Waals surface area contributed by atoms with Gasteiger partial charge in [-0.1, -0.05) is 0 Å². The van der Waals surface area contributed by atoms with E-state index in [1.54, 1.807) is 0 Å². The zero-order valence-corrected chi connectivity index (χ0v) is 4.93. The third-order valence-electron chi connectivity index (χ3n) is 0.508. The molecule has 10 heavy (non-hydrogen) atoms. The van der Waals surface area contributed by atoms with E-state index in [2.05, 4.69) is 0 Å². The second kappa shape index (κ2) is 2.33. The molecule has 0 saturated carbocycles. The lowest BCUT2D eigenvalue weighted by atomic mass is 11.5. The van der Waals surface area contributed by atoms with Crippen molar-refractivity contribution in [1.82, 2.24) is 0 Å². The largest absolute Gasteiger partial charge is 0.473 e. The molecule has 8 heteroatoms. The maximum absolute atomic E-state index is 11.0. The molecule has 0 amide bonds. The monoisotopic (exact) mass is 183 g/mol. The van der Waals surface area contributed by atoms with E-state index in [-0.39, 0.29) is 0 Å². The van der Waals surface area contributed by atoms with Gasteiger partial charge < -0.3 is 8.78 Å². The highest BCUT2D eigenvalue weighted by atomic mass is 32.2. The predicted molar refractivity (Wildman–Crippen MR) is 20.4 cm³/mol. The van der Waals surface area contributed by atoms with E-state index >= 15 is 0 Å². The lowest BCUT2D eigenvalue weighted by Crippen LogP contribution is -2.25. The minimum Gasteiger partial charge on any atom is -0.403 e. The van der Waals surface area contributed by atoms with Crippen LogP contribution in [0.2, 0.25) is 0 Å². The fourth-order valence-corrected chi connectivity index (χ4v) is 0.262. The number of sulfone groups is 1. The van der Waals surface area contributed by atoms with Crippen molar-refractivity contribution < 1.29 is 30.4 Å². The second-order valence-corrected chi connectivity index (χ2v) is 2.95. The first kappa shape index (κ1) is 9.60. The molecule has 0 rings (SSSR count). The zero-order chi connectivity index (χ0) is 8.58. The highest BCUT2D eigenvalue weighted by molar-refractivity contribution is 7.94. The first-order chi connectivity index (χ1) is 4.19. The van der Waals surface area contributed by atoms with Crippen LogP contribution in [0.1, 0.15) is 0 Å². The van der Waals surface area contributed by atoms with Gasteiger partial charge in [-0.25, -0.2) is 8.42 Å². The van der Waals surface area contributed by atoms with E-state index in [9.17, 15) is 30.4 Å². The highest BCUT2D eigenvalue weighted by Gasteiger charge is 2.43. The number of hydrogen-bond acceptors (Lipinski definition) is 2. The molecule has 0 fully saturated rings. The van der Waals surface area contributed by atoms with Gasteiger partial charge in [0.2, 0.25) is 0 Å². The summed E-state index contributed by atoms with van der Waals surface area (Å²) < 4.78 is 73.7. The number of hydrogen-bond donors (Lipinski definition) is 0. The predicted octanol–water partition coefficient (Wildman–Crippen LogP) is 1.31. The molecule has 0 N–H and O–H groups in total. The average Bonchev–Trinajstić information content (AvgIpc) is 1.62. The Labute approximate surface area is 52.6 Å². The Kier molecular flexibility index (Phi) is 2.24. The van der Waals surface area contributed by atoms with Crippen molar-refractivity contribution in [3.63, 3.8) is 0 Å². The summed E-state index contributed by atoms with van der Waals surface area (Å²) in [5.41, 5.74) is -5.90. The van der Waals surface area contributed by atoms with E-state index < -0.39 is 21.1 Å². The summed E-state index contributed by atoms with van der Waals surface area (Å²) in [6.07, 6.45) is 0. The van der Waals surface area contributed by atoms with Gasteiger partial charge in [0.05, 0.1) is 0 Å². The van der Waals surface area contributed by atoms with Gasteiger partial charge in [-0.05, 0) is 0 Å². The molecule has 0 aromatic rings. The lowest BCUT2D eigenvalue weighted by molar-refractivity contribution is -0.0454. The van der Waals surface area contributed by atoms with E-state index in [0.29, 0.717) is 0 Å². The maximum Gasteiger partial charge on any atom is 0.473 e. The van der Waals surface area contributed by atoms with Crippen molar-refractivity contribution in [2.75, 3.05) is 0 Å². The van der Waals surface area contributed by atoms with E-state index in [0.717, 1.165) is 0 Å². The van der Waals surface area contributed by atoms with Crippen molar-refractivity contribution in [2.24, 2.45) is 0 Å². The summed E-state index contributed by atoms with van der Waals surface area (Å²) in [5.74, 6) is -3.64. The normalized spacial score (nSPS) is 14.2. The minimum atomic E-state index is -6.33. The minimum absolute atomic E-state index is 3.64. The topological polar surface area (TPSA) is 34.1 Å². The number of rotatable bonds is 1. The molecule has 0 atom stereocenters. The summed E-state index contributed by atoms with van der Waals surface area (Å²) in [5, 5.41) is 0. The first-order valence-electron chi connectivity index (χ1n) is 1.69. The Morgan fingerprint density at radius 2 is 1.40 bits per heavy atom. The molecule has 2 nitrogen and oxygen atoms in total. The molecule has 0 heterocycles. The van der Waals surface area contributed by atoms with Gasteiger partial charge in [0.25, 0.3) is 0 Å². The van der Waals surface area contributed by atoms with Gasteiger partial charge in [0.1, 0.15) is 5.76 Å². The van der Waals surface area contributed by atoms with Crippen molar-refractivity contribution in [3.05, 3.63) is 5.76 Å². The molecule has 0 spiro atoms. The van der Waals surface area contributed by atoms with Gasteiger partial charge in [-0.3, -0.25) is 0 Å². The van der Waals surface area contributed by atoms with Crippen LogP contribution in [0, 0.1) is 5.76 Å². The lowest BCUT2D eigenvalue weighted by Gasteiger charge is -2.14. The van der Waals surface area contributed by atoms with Crippen LogP contribution in [-0.2, 0) is 9.84 Å². The van der Waals surface area contributed by atoms with Crippen LogP contribution >= 0.6 is 0 Å². The molecule has 0 aromatic carbocycles. The van der Waals surface area contributed by atoms with Gasteiger partial charge in [0, 0.05) is 0 Å². The number of halogens is 5. The van der Waals surface area contributed by atoms with Crippen LogP contribution in [-0.4, -0.2) is 13.9 Å². The molecule has 0 bridgehead atoms. The highest BCUT2D eigenvalue weighted by Crippen LogP contribution is 2.31. The number of alkyl halides is 3. The Morgan fingerprint density at radius 3 is 1.40 bits per heavy atom. The van der Waals surface area contributed by atoms with Crippen molar-refractivity contribution in [3.8, 4) is 0 Å². The average molecular weight is 183 g/mol. The van der Waals surface area contributed by atoms with Crippen molar-refractivity contribution in [1.29, 1.82) is 0 Å². The summed E-state index contributed by atoms with van der Waals surface area (Å²) in [6.45, 7) is 0. The molecule has 0 aliphatic rings.